The second-order valence-electron chi connectivity index (χ2n) is 4.96. The van der Waals surface area contributed by atoms with E-state index in [9.17, 15) is 13.2 Å². The average Bonchev–Trinajstić information content (AvgIpc) is 2.45. The summed E-state index contributed by atoms with van der Waals surface area (Å²) in [5.74, 6) is -1.09. The van der Waals surface area contributed by atoms with E-state index in [4.69, 9.17) is 5.11 Å². The molecule has 1 heterocycles. The Hall–Kier alpha value is -0.660. The van der Waals surface area contributed by atoms with Crippen molar-refractivity contribution in [3.63, 3.8) is 0 Å². The van der Waals surface area contributed by atoms with E-state index in [1.807, 2.05) is 0 Å². The lowest BCUT2D eigenvalue weighted by atomic mass is 10.1. The zero-order chi connectivity index (χ0) is 12.6. The first-order valence-electron chi connectivity index (χ1n) is 5.17. The van der Waals surface area contributed by atoms with E-state index >= 15 is 0 Å². The fourth-order valence-corrected chi connectivity index (χ4v) is 3.51. The summed E-state index contributed by atoms with van der Waals surface area (Å²) >= 11 is 0. The highest BCUT2D eigenvalue weighted by atomic mass is 32.2. The first kappa shape index (κ1) is 13.4. The van der Waals surface area contributed by atoms with Gasteiger partial charge in [0.15, 0.2) is 0 Å². The quantitative estimate of drug-likeness (QED) is 0.747. The van der Waals surface area contributed by atoms with Crippen molar-refractivity contribution < 1.29 is 18.3 Å². The molecule has 0 saturated carbocycles. The molecule has 0 aliphatic carbocycles. The van der Waals surface area contributed by atoms with Crippen LogP contribution in [0.15, 0.2) is 0 Å². The van der Waals surface area contributed by atoms with E-state index in [0.29, 0.717) is 12.8 Å². The van der Waals surface area contributed by atoms with Crippen LogP contribution >= 0.6 is 0 Å². The molecule has 1 aliphatic heterocycles. The minimum absolute atomic E-state index is 0.266. The van der Waals surface area contributed by atoms with Crippen molar-refractivity contribution in [1.82, 2.24) is 9.03 Å². The van der Waals surface area contributed by atoms with E-state index in [0.717, 1.165) is 4.31 Å². The Bertz CT molecular complexity index is 371. The highest BCUT2D eigenvalue weighted by molar-refractivity contribution is 7.87. The zero-order valence-corrected chi connectivity index (χ0v) is 10.5. The number of nitrogens with one attached hydrogen (secondary N) is 1. The van der Waals surface area contributed by atoms with Crippen LogP contribution in [-0.4, -0.2) is 41.9 Å². The van der Waals surface area contributed by atoms with Crippen LogP contribution in [0.2, 0.25) is 0 Å². The van der Waals surface area contributed by atoms with Gasteiger partial charge in [-0.25, -0.2) is 0 Å². The van der Waals surface area contributed by atoms with Gasteiger partial charge in [0.25, 0.3) is 10.2 Å². The molecule has 0 bridgehead atoms. The van der Waals surface area contributed by atoms with Gasteiger partial charge < -0.3 is 5.11 Å². The monoisotopic (exact) mass is 250 g/mol. The summed E-state index contributed by atoms with van der Waals surface area (Å²) in [6.07, 6.45) is 0.961. The Morgan fingerprint density at radius 1 is 1.44 bits per heavy atom. The van der Waals surface area contributed by atoms with Crippen molar-refractivity contribution in [3.05, 3.63) is 0 Å². The van der Waals surface area contributed by atoms with Gasteiger partial charge in [-0.15, -0.1) is 0 Å². The Balaban J connectivity index is 2.87. The first-order chi connectivity index (χ1) is 7.13. The van der Waals surface area contributed by atoms with Crippen LogP contribution in [0.1, 0.15) is 33.6 Å². The van der Waals surface area contributed by atoms with Gasteiger partial charge >= 0.3 is 5.97 Å². The Kier molecular flexibility index (Phi) is 3.61. The van der Waals surface area contributed by atoms with Gasteiger partial charge in [0.05, 0.1) is 0 Å². The molecule has 0 aromatic heterocycles. The molecule has 1 atom stereocenters. The number of hydrogen-bond donors (Lipinski definition) is 2. The maximum absolute atomic E-state index is 11.9. The molecule has 1 fully saturated rings. The summed E-state index contributed by atoms with van der Waals surface area (Å²) in [5, 5.41) is 8.91. The molecule has 6 nitrogen and oxygen atoms in total. The molecule has 1 saturated heterocycles. The highest BCUT2D eigenvalue weighted by Gasteiger charge is 2.39. The standard InChI is InChI=1S/C9H18N2O4S/c1-9(2,3)10-16(14,15)11-6-4-5-7(11)8(12)13/h7,10H,4-6H2,1-3H3,(H,12,13). The summed E-state index contributed by atoms with van der Waals surface area (Å²) in [6.45, 7) is 5.42. The van der Waals surface area contributed by atoms with Crippen LogP contribution in [-0.2, 0) is 15.0 Å². The average molecular weight is 250 g/mol. The lowest BCUT2D eigenvalue weighted by Crippen LogP contribution is -2.51. The smallest absolute Gasteiger partial charge is 0.322 e. The normalized spacial score (nSPS) is 23.6. The highest BCUT2D eigenvalue weighted by Crippen LogP contribution is 2.21. The summed E-state index contributed by atoms with van der Waals surface area (Å²) in [5.41, 5.74) is -0.607. The topological polar surface area (TPSA) is 86.7 Å². The predicted octanol–water partition coefficient (Wildman–Crippen LogP) is 0.168. The lowest BCUT2D eigenvalue weighted by Gasteiger charge is -2.27. The number of carboxylic acid groups (broad SMARTS) is 1. The van der Waals surface area contributed by atoms with Gasteiger partial charge in [0.1, 0.15) is 6.04 Å². The van der Waals surface area contributed by atoms with Crippen LogP contribution in [0.3, 0.4) is 0 Å². The summed E-state index contributed by atoms with van der Waals surface area (Å²) in [7, 11) is -3.71. The molecule has 2 N–H and O–H groups in total. The Morgan fingerprint density at radius 2 is 2.00 bits per heavy atom. The van der Waals surface area contributed by atoms with Crippen molar-refractivity contribution in [2.24, 2.45) is 0 Å². The van der Waals surface area contributed by atoms with Gasteiger partial charge in [-0.3, -0.25) is 4.79 Å². The molecular weight excluding hydrogens is 232 g/mol. The fourth-order valence-electron chi connectivity index (χ4n) is 1.72. The number of carbonyl (C=O) groups is 1. The number of carboxylic acids is 1. The van der Waals surface area contributed by atoms with Crippen LogP contribution in [0.5, 0.6) is 0 Å². The minimum Gasteiger partial charge on any atom is -0.480 e. The Morgan fingerprint density at radius 3 is 2.44 bits per heavy atom. The molecule has 7 heteroatoms. The van der Waals surface area contributed by atoms with E-state index in [1.165, 1.54) is 0 Å². The van der Waals surface area contributed by atoms with Crippen molar-refractivity contribution in [1.29, 1.82) is 0 Å². The van der Waals surface area contributed by atoms with Crippen LogP contribution in [0, 0.1) is 0 Å². The van der Waals surface area contributed by atoms with Crippen molar-refractivity contribution in [3.8, 4) is 0 Å². The van der Waals surface area contributed by atoms with Crippen molar-refractivity contribution in [2.45, 2.75) is 45.2 Å². The molecule has 94 valence electrons. The summed E-state index contributed by atoms with van der Waals surface area (Å²) < 4.78 is 27.3. The SMILES string of the molecule is CC(C)(C)NS(=O)(=O)N1CCCC1C(=O)O. The molecule has 1 aliphatic rings. The second kappa shape index (κ2) is 4.31. The minimum atomic E-state index is -3.71. The largest absolute Gasteiger partial charge is 0.480 e. The van der Waals surface area contributed by atoms with Gasteiger partial charge in [0, 0.05) is 12.1 Å². The predicted molar refractivity (Wildman–Crippen MR) is 59.2 cm³/mol. The van der Waals surface area contributed by atoms with E-state index < -0.39 is 27.8 Å². The van der Waals surface area contributed by atoms with E-state index in [-0.39, 0.29) is 6.54 Å². The zero-order valence-electron chi connectivity index (χ0n) is 9.73. The molecule has 0 amide bonds. The fraction of sp³-hybridized carbons (Fsp3) is 0.889. The first-order valence-corrected chi connectivity index (χ1v) is 6.61. The Labute approximate surface area is 95.8 Å². The van der Waals surface area contributed by atoms with Crippen molar-refractivity contribution in [2.75, 3.05) is 6.54 Å². The number of aliphatic carboxylic acids is 1. The molecule has 1 unspecified atom stereocenters. The molecule has 0 aromatic carbocycles. The van der Waals surface area contributed by atoms with E-state index in [1.54, 1.807) is 20.8 Å². The van der Waals surface area contributed by atoms with Gasteiger partial charge in [-0.2, -0.15) is 17.4 Å². The second-order valence-corrected chi connectivity index (χ2v) is 6.59. The van der Waals surface area contributed by atoms with Crippen molar-refractivity contribution >= 4 is 16.2 Å². The summed E-state index contributed by atoms with van der Waals surface area (Å²) in [4.78, 5) is 10.9. The molecule has 0 spiro atoms. The van der Waals surface area contributed by atoms with Crippen LogP contribution < -0.4 is 4.72 Å². The number of rotatable bonds is 3. The molecule has 0 radical (unpaired) electrons. The lowest BCUT2D eigenvalue weighted by molar-refractivity contribution is -0.140. The maximum Gasteiger partial charge on any atom is 0.322 e. The van der Waals surface area contributed by atoms with Crippen LogP contribution in [0.4, 0.5) is 0 Å². The third-order valence-electron chi connectivity index (χ3n) is 2.23. The summed E-state index contributed by atoms with van der Waals surface area (Å²) in [6, 6.07) is -0.931. The van der Waals surface area contributed by atoms with Gasteiger partial charge in [-0.05, 0) is 33.6 Å². The maximum atomic E-state index is 11.9. The van der Waals surface area contributed by atoms with Crippen LogP contribution in [0.25, 0.3) is 0 Å². The number of hydrogen-bond acceptors (Lipinski definition) is 3. The van der Waals surface area contributed by atoms with Gasteiger partial charge in [0.2, 0.25) is 0 Å². The molecule has 0 aromatic rings. The van der Waals surface area contributed by atoms with E-state index in [2.05, 4.69) is 4.72 Å². The third-order valence-corrected chi connectivity index (χ3v) is 4.16. The molecule has 1 rings (SSSR count). The third kappa shape index (κ3) is 3.16. The molecule has 16 heavy (non-hydrogen) atoms. The van der Waals surface area contributed by atoms with Gasteiger partial charge in [-0.1, -0.05) is 0 Å². The molecular formula is C9H18N2O4S. The number of nitrogens with zero attached hydrogens (tertiary/aromatic N) is 1.